The summed E-state index contributed by atoms with van der Waals surface area (Å²) < 4.78 is 5.32. The van der Waals surface area contributed by atoms with Gasteiger partial charge in [-0.15, -0.1) is 0 Å². The van der Waals surface area contributed by atoms with Crippen LogP contribution in [0.25, 0.3) is 33.1 Å². The molecule has 2 heterocycles. The van der Waals surface area contributed by atoms with Crippen LogP contribution in [0.2, 0.25) is 0 Å². The van der Waals surface area contributed by atoms with Gasteiger partial charge in [0.15, 0.2) is 0 Å². The first kappa shape index (κ1) is 24.9. The van der Waals surface area contributed by atoms with Gasteiger partial charge in [0.2, 0.25) is 0 Å². The highest BCUT2D eigenvalue weighted by atomic mass is 16.5. The van der Waals surface area contributed by atoms with E-state index in [-0.39, 0.29) is 24.1 Å². The molecule has 1 saturated carbocycles. The summed E-state index contributed by atoms with van der Waals surface area (Å²) in [7, 11) is 1.64. The summed E-state index contributed by atoms with van der Waals surface area (Å²) in [4.78, 5) is 37.4. The van der Waals surface area contributed by atoms with E-state index in [1.54, 1.807) is 7.11 Å². The number of aromatic nitrogens is 2. The van der Waals surface area contributed by atoms with Crippen molar-refractivity contribution in [1.29, 1.82) is 0 Å². The second kappa shape index (κ2) is 10.4. The smallest absolute Gasteiger partial charge is 0.255 e. The summed E-state index contributed by atoms with van der Waals surface area (Å²) >= 11 is 0. The molecule has 6 nitrogen and oxygen atoms in total. The molecule has 0 unspecified atom stereocenters. The fourth-order valence-corrected chi connectivity index (χ4v) is 5.66. The van der Waals surface area contributed by atoms with E-state index in [9.17, 15) is 9.59 Å². The largest absolute Gasteiger partial charge is 0.497 e. The van der Waals surface area contributed by atoms with Crippen molar-refractivity contribution in [2.75, 3.05) is 7.11 Å². The first-order valence-corrected chi connectivity index (χ1v) is 13.5. The number of aryl methyl sites for hydroxylation is 1. The van der Waals surface area contributed by atoms with Gasteiger partial charge in [-0.1, -0.05) is 43.2 Å². The topological polar surface area (TPSA) is 75.3 Å². The summed E-state index contributed by atoms with van der Waals surface area (Å²) in [6.45, 7) is 2.27. The number of nitrogens with zero attached hydrogens (tertiary/aromatic N) is 2. The van der Waals surface area contributed by atoms with Crippen molar-refractivity contribution < 1.29 is 9.53 Å². The molecule has 0 bridgehead atoms. The average molecular weight is 518 g/mol. The monoisotopic (exact) mass is 517 g/mol. The van der Waals surface area contributed by atoms with Crippen LogP contribution in [-0.4, -0.2) is 33.9 Å². The first-order chi connectivity index (χ1) is 19.0. The Hall–Kier alpha value is -4.45. The SMILES string of the molecule is COc1ccc(-c2cc(C(=O)N(Cc3cc4ccc(C)cc4[nH]c3=O)C3CCCC3)c3ccccc3n2)cc1. The standard InChI is InChI=1S/C33H31N3O3/c1-21-11-12-23-18-24(32(37)35-30(23)17-21)20-36(25-7-3-4-8-25)33(38)28-19-31(22-13-15-26(39-2)16-14-22)34-29-10-6-5-9-27(28)29/h5-6,9-19,25H,3-4,7-8,20H2,1-2H3,(H,35,37). The summed E-state index contributed by atoms with van der Waals surface area (Å²) in [5.41, 5.74) is 5.35. The van der Waals surface area contributed by atoms with E-state index < -0.39 is 0 Å². The molecule has 196 valence electrons. The lowest BCUT2D eigenvalue weighted by Gasteiger charge is -2.29. The number of nitrogens with one attached hydrogen (secondary N) is 1. The van der Waals surface area contributed by atoms with E-state index in [0.717, 1.165) is 70.1 Å². The van der Waals surface area contributed by atoms with Crippen molar-refractivity contribution in [3.63, 3.8) is 0 Å². The van der Waals surface area contributed by atoms with Crippen molar-refractivity contribution in [2.24, 2.45) is 0 Å². The van der Waals surface area contributed by atoms with E-state index in [0.29, 0.717) is 11.1 Å². The van der Waals surface area contributed by atoms with E-state index in [2.05, 4.69) is 4.98 Å². The summed E-state index contributed by atoms with van der Waals surface area (Å²) in [5, 5.41) is 1.77. The van der Waals surface area contributed by atoms with Crippen molar-refractivity contribution in [2.45, 2.75) is 45.2 Å². The molecule has 0 atom stereocenters. The number of benzene rings is 3. The Labute approximate surface area is 227 Å². The summed E-state index contributed by atoms with van der Waals surface area (Å²) in [6.07, 6.45) is 4.03. The van der Waals surface area contributed by atoms with Crippen molar-refractivity contribution >= 4 is 27.7 Å². The van der Waals surface area contributed by atoms with Crippen LogP contribution in [0, 0.1) is 6.92 Å². The quantitative estimate of drug-likeness (QED) is 0.274. The van der Waals surface area contributed by atoms with Gasteiger partial charge in [-0.2, -0.15) is 0 Å². The highest BCUT2D eigenvalue weighted by Gasteiger charge is 2.30. The number of para-hydroxylation sites is 1. The molecule has 6 rings (SSSR count). The molecular weight excluding hydrogens is 486 g/mol. The number of carbonyl (C=O) groups is 1. The number of aromatic amines is 1. The number of carbonyl (C=O) groups excluding carboxylic acids is 1. The lowest BCUT2D eigenvalue weighted by atomic mass is 10.0. The summed E-state index contributed by atoms with van der Waals surface area (Å²) in [6, 6.07) is 25.4. The van der Waals surface area contributed by atoms with Crippen LogP contribution in [-0.2, 0) is 6.54 Å². The molecule has 0 radical (unpaired) electrons. The number of pyridine rings is 2. The molecule has 0 spiro atoms. The Kier molecular flexibility index (Phi) is 6.61. The zero-order valence-electron chi connectivity index (χ0n) is 22.2. The molecule has 3 aromatic carbocycles. The number of ether oxygens (including phenoxy) is 1. The molecule has 1 aliphatic carbocycles. The molecule has 39 heavy (non-hydrogen) atoms. The Morgan fingerprint density at radius 3 is 2.54 bits per heavy atom. The van der Waals surface area contributed by atoms with Gasteiger partial charge in [-0.3, -0.25) is 9.59 Å². The van der Waals surface area contributed by atoms with Gasteiger partial charge in [0.25, 0.3) is 11.5 Å². The van der Waals surface area contributed by atoms with E-state index in [1.165, 1.54) is 0 Å². The van der Waals surface area contributed by atoms with Crippen LogP contribution < -0.4 is 10.3 Å². The van der Waals surface area contributed by atoms with Gasteiger partial charge in [-0.25, -0.2) is 4.98 Å². The minimum Gasteiger partial charge on any atom is -0.497 e. The maximum Gasteiger partial charge on any atom is 0.255 e. The van der Waals surface area contributed by atoms with Gasteiger partial charge < -0.3 is 14.6 Å². The molecular formula is C33H31N3O3. The van der Waals surface area contributed by atoms with E-state index >= 15 is 0 Å². The van der Waals surface area contributed by atoms with Crippen LogP contribution in [0.1, 0.15) is 47.2 Å². The Balaban J connectivity index is 1.44. The van der Waals surface area contributed by atoms with Crippen LogP contribution in [0.4, 0.5) is 0 Å². The molecule has 2 aromatic heterocycles. The minimum atomic E-state index is -0.151. The van der Waals surface area contributed by atoms with Crippen LogP contribution in [0.3, 0.4) is 0 Å². The fraction of sp³-hybridized carbons (Fsp3) is 0.242. The third kappa shape index (κ3) is 4.90. The van der Waals surface area contributed by atoms with E-state index in [1.807, 2.05) is 90.7 Å². The van der Waals surface area contributed by atoms with Crippen LogP contribution in [0.15, 0.2) is 83.7 Å². The second-order valence-electron chi connectivity index (χ2n) is 10.4. The molecule has 1 amide bonds. The molecule has 1 fully saturated rings. The van der Waals surface area contributed by atoms with Gasteiger partial charge >= 0.3 is 0 Å². The Bertz CT molecular complexity index is 1730. The predicted octanol–water partition coefficient (Wildman–Crippen LogP) is 6.65. The lowest BCUT2D eigenvalue weighted by molar-refractivity contribution is 0.0666. The zero-order valence-corrected chi connectivity index (χ0v) is 22.2. The first-order valence-electron chi connectivity index (χ1n) is 13.5. The Morgan fingerprint density at radius 2 is 1.77 bits per heavy atom. The number of rotatable bonds is 6. The molecule has 0 saturated heterocycles. The number of H-pyrrole nitrogens is 1. The molecule has 5 aromatic rings. The number of hydrogen-bond acceptors (Lipinski definition) is 4. The maximum absolute atomic E-state index is 14.4. The average Bonchev–Trinajstić information content (AvgIpc) is 3.50. The maximum atomic E-state index is 14.4. The van der Waals surface area contributed by atoms with Crippen LogP contribution in [0.5, 0.6) is 5.75 Å². The van der Waals surface area contributed by atoms with Gasteiger partial charge in [-0.05, 0) is 79.2 Å². The molecule has 1 N–H and O–H groups in total. The Morgan fingerprint density at radius 1 is 1.00 bits per heavy atom. The van der Waals surface area contributed by atoms with Gasteiger partial charge in [0, 0.05) is 28.1 Å². The highest BCUT2D eigenvalue weighted by Crippen LogP contribution is 2.31. The molecule has 1 aliphatic rings. The molecule has 0 aliphatic heterocycles. The third-order valence-electron chi connectivity index (χ3n) is 7.78. The third-order valence-corrected chi connectivity index (χ3v) is 7.78. The molecule has 6 heteroatoms. The predicted molar refractivity (Wildman–Crippen MR) is 155 cm³/mol. The number of fused-ring (bicyclic) bond motifs is 2. The van der Waals surface area contributed by atoms with Crippen molar-refractivity contribution in [1.82, 2.24) is 14.9 Å². The minimum absolute atomic E-state index is 0.0707. The number of hydrogen-bond donors (Lipinski definition) is 1. The summed E-state index contributed by atoms with van der Waals surface area (Å²) in [5.74, 6) is 0.692. The van der Waals surface area contributed by atoms with E-state index in [4.69, 9.17) is 9.72 Å². The normalized spacial score (nSPS) is 13.7. The van der Waals surface area contributed by atoms with Crippen molar-refractivity contribution in [3.8, 4) is 17.0 Å². The highest BCUT2D eigenvalue weighted by molar-refractivity contribution is 6.07. The van der Waals surface area contributed by atoms with Gasteiger partial charge in [0.05, 0.1) is 30.4 Å². The fourth-order valence-electron chi connectivity index (χ4n) is 5.66. The van der Waals surface area contributed by atoms with Crippen molar-refractivity contribution in [3.05, 3.63) is 106 Å². The zero-order chi connectivity index (χ0) is 26.9. The number of amides is 1. The van der Waals surface area contributed by atoms with Crippen LogP contribution >= 0.6 is 0 Å². The van der Waals surface area contributed by atoms with Gasteiger partial charge in [0.1, 0.15) is 5.75 Å². The second-order valence-corrected chi connectivity index (χ2v) is 10.4. The number of methoxy groups -OCH3 is 1. The lowest BCUT2D eigenvalue weighted by Crippen LogP contribution is -2.39.